The largest absolute Gasteiger partial charge is 0.402 e. The number of allylic oxidation sites excluding steroid dienone is 1. The second kappa shape index (κ2) is 3.80. The first kappa shape index (κ1) is 10.5. The Hall–Kier alpha value is -0.460. The van der Waals surface area contributed by atoms with Crippen LogP contribution in [-0.4, -0.2) is 0 Å². The summed E-state index contributed by atoms with van der Waals surface area (Å²) in [4.78, 5) is 0. The molecule has 11 heavy (non-hydrogen) atoms. The van der Waals surface area contributed by atoms with Gasteiger partial charge in [-0.1, -0.05) is 40.7 Å². The van der Waals surface area contributed by atoms with Gasteiger partial charge in [0, 0.05) is 5.70 Å². The number of hydrogen-bond donors (Lipinski definition) is 1. The van der Waals surface area contributed by atoms with Crippen molar-refractivity contribution in [2.45, 2.75) is 40.5 Å². The van der Waals surface area contributed by atoms with Crippen molar-refractivity contribution in [2.75, 3.05) is 0 Å². The van der Waals surface area contributed by atoms with Crippen molar-refractivity contribution in [3.05, 3.63) is 12.3 Å². The van der Waals surface area contributed by atoms with Gasteiger partial charge in [-0.25, -0.2) is 0 Å². The zero-order valence-corrected chi connectivity index (χ0v) is 8.28. The fraction of sp³-hybridized carbons (Fsp3) is 0.800. The predicted molar refractivity (Wildman–Crippen MR) is 51.2 cm³/mol. The van der Waals surface area contributed by atoms with E-state index in [2.05, 4.69) is 34.3 Å². The first-order valence-electron chi connectivity index (χ1n) is 4.33. The lowest BCUT2D eigenvalue weighted by molar-refractivity contribution is 0.283. The Kier molecular flexibility index (Phi) is 3.64. The van der Waals surface area contributed by atoms with Crippen LogP contribution in [0.2, 0.25) is 0 Å². The fourth-order valence-corrected chi connectivity index (χ4v) is 1.10. The first-order chi connectivity index (χ1) is 4.89. The van der Waals surface area contributed by atoms with Crippen LogP contribution in [0.15, 0.2) is 12.3 Å². The summed E-state index contributed by atoms with van der Waals surface area (Å²) in [7, 11) is 0. The molecule has 0 amide bonds. The second-order valence-electron chi connectivity index (χ2n) is 4.20. The third-order valence-corrected chi connectivity index (χ3v) is 2.45. The molecular formula is C10H21N. The Bertz CT molecular complexity index is 136. The van der Waals surface area contributed by atoms with Crippen LogP contribution in [0.5, 0.6) is 0 Å². The lowest BCUT2D eigenvalue weighted by Gasteiger charge is -2.26. The van der Waals surface area contributed by atoms with E-state index in [1.165, 1.54) is 6.42 Å². The minimum atomic E-state index is 0.404. The lowest BCUT2D eigenvalue weighted by atomic mass is 9.80. The summed E-state index contributed by atoms with van der Waals surface area (Å²) in [5.41, 5.74) is 6.82. The lowest BCUT2D eigenvalue weighted by Crippen LogP contribution is -2.18. The van der Waals surface area contributed by atoms with Gasteiger partial charge >= 0.3 is 0 Å². The van der Waals surface area contributed by atoms with Gasteiger partial charge in [-0.05, 0) is 17.8 Å². The van der Waals surface area contributed by atoms with Crippen LogP contribution in [0.3, 0.4) is 0 Å². The summed E-state index contributed by atoms with van der Waals surface area (Å²) in [6.45, 7) is 12.6. The van der Waals surface area contributed by atoms with E-state index in [9.17, 15) is 0 Å². The Morgan fingerprint density at radius 3 is 2.27 bits per heavy atom. The molecule has 0 spiro atoms. The SMILES string of the molecule is C=C(N)C(C)CC(C)(C)CC. The Morgan fingerprint density at radius 1 is 1.55 bits per heavy atom. The third-order valence-electron chi connectivity index (χ3n) is 2.45. The molecule has 0 saturated heterocycles. The monoisotopic (exact) mass is 155 g/mol. The van der Waals surface area contributed by atoms with Gasteiger partial charge in [-0.3, -0.25) is 0 Å². The topological polar surface area (TPSA) is 26.0 Å². The van der Waals surface area contributed by atoms with Crippen molar-refractivity contribution in [1.82, 2.24) is 0 Å². The predicted octanol–water partition coefficient (Wildman–Crippen LogP) is 2.92. The van der Waals surface area contributed by atoms with Gasteiger partial charge in [0.15, 0.2) is 0 Å². The molecule has 0 radical (unpaired) electrons. The standard InChI is InChI=1S/C10H21N/c1-6-10(4,5)7-8(2)9(3)11/h8H,3,6-7,11H2,1-2,4-5H3. The van der Waals surface area contributed by atoms with Gasteiger partial charge in [0.1, 0.15) is 0 Å². The van der Waals surface area contributed by atoms with Gasteiger partial charge < -0.3 is 5.73 Å². The smallest absolute Gasteiger partial charge is 0.00364 e. The van der Waals surface area contributed by atoms with Gasteiger partial charge in [0.05, 0.1) is 0 Å². The molecule has 0 aliphatic heterocycles. The Balaban J connectivity index is 3.93. The molecule has 1 nitrogen and oxygen atoms in total. The molecule has 0 saturated carbocycles. The second-order valence-corrected chi connectivity index (χ2v) is 4.20. The van der Waals surface area contributed by atoms with Gasteiger partial charge in [-0.15, -0.1) is 0 Å². The van der Waals surface area contributed by atoms with Gasteiger partial charge in [0.2, 0.25) is 0 Å². The minimum absolute atomic E-state index is 0.404. The molecule has 0 aliphatic carbocycles. The molecule has 0 aliphatic rings. The molecule has 0 aromatic rings. The van der Waals surface area contributed by atoms with Crippen molar-refractivity contribution >= 4 is 0 Å². The summed E-state index contributed by atoms with van der Waals surface area (Å²) in [6.07, 6.45) is 2.34. The summed E-state index contributed by atoms with van der Waals surface area (Å²) < 4.78 is 0. The highest BCUT2D eigenvalue weighted by Gasteiger charge is 2.19. The van der Waals surface area contributed by atoms with E-state index >= 15 is 0 Å². The molecule has 0 bridgehead atoms. The molecule has 0 fully saturated rings. The highest BCUT2D eigenvalue weighted by Crippen LogP contribution is 2.30. The molecule has 66 valence electrons. The van der Waals surface area contributed by atoms with Crippen molar-refractivity contribution in [2.24, 2.45) is 17.1 Å². The maximum Gasteiger partial charge on any atom is 0.00364 e. The van der Waals surface area contributed by atoms with Crippen molar-refractivity contribution in [3.63, 3.8) is 0 Å². The van der Waals surface area contributed by atoms with E-state index in [4.69, 9.17) is 5.73 Å². The molecule has 0 heterocycles. The normalized spacial score (nSPS) is 14.5. The maximum atomic E-state index is 5.60. The summed E-state index contributed by atoms with van der Waals surface area (Å²) in [6, 6.07) is 0. The molecule has 1 unspecified atom stereocenters. The highest BCUT2D eigenvalue weighted by atomic mass is 14.6. The molecule has 1 atom stereocenters. The van der Waals surface area contributed by atoms with Crippen molar-refractivity contribution < 1.29 is 0 Å². The summed E-state index contributed by atoms with van der Waals surface area (Å²) in [5.74, 6) is 0.449. The maximum absolute atomic E-state index is 5.60. The third kappa shape index (κ3) is 4.07. The van der Waals surface area contributed by atoms with Crippen LogP contribution < -0.4 is 5.73 Å². The molecule has 0 aromatic heterocycles. The number of nitrogens with two attached hydrogens (primary N) is 1. The molecule has 0 rings (SSSR count). The zero-order chi connectivity index (χ0) is 9.07. The van der Waals surface area contributed by atoms with Crippen molar-refractivity contribution in [3.8, 4) is 0 Å². The minimum Gasteiger partial charge on any atom is -0.402 e. The summed E-state index contributed by atoms with van der Waals surface area (Å²) in [5, 5.41) is 0. The highest BCUT2D eigenvalue weighted by molar-refractivity contribution is 4.93. The van der Waals surface area contributed by atoms with E-state index in [1.807, 2.05) is 0 Å². The summed E-state index contributed by atoms with van der Waals surface area (Å²) >= 11 is 0. The average Bonchev–Trinajstić information content (AvgIpc) is 1.87. The Morgan fingerprint density at radius 2 is 2.00 bits per heavy atom. The van der Waals surface area contributed by atoms with E-state index in [0.29, 0.717) is 11.3 Å². The molecule has 1 heteroatoms. The quantitative estimate of drug-likeness (QED) is 0.663. The van der Waals surface area contributed by atoms with E-state index in [-0.39, 0.29) is 0 Å². The molecular weight excluding hydrogens is 134 g/mol. The first-order valence-corrected chi connectivity index (χ1v) is 4.33. The van der Waals surface area contributed by atoms with Crippen LogP contribution in [0, 0.1) is 11.3 Å². The van der Waals surface area contributed by atoms with Crippen LogP contribution in [-0.2, 0) is 0 Å². The van der Waals surface area contributed by atoms with Crippen LogP contribution in [0.4, 0.5) is 0 Å². The zero-order valence-electron chi connectivity index (χ0n) is 8.28. The van der Waals surface area contributed by atoms with E-state index < -0.39 is 0 Å². The van der Waals surface area contributed by atoms with Crippen LogP contribution >= 0.6 is 0 Å². The number of hydrogen-bond acceptors (Lipinski definition) is 1. The number of rotatable bonds is 4. The molecule has 2 N–H and O–H groups in total. The van der Waals surface area contributed by atoms with Crippen molar-refractivity contribution in [1.29, 1.82) is 0 Å². The van der Waals surface area contributed by atoms with Crippen LogP contribution in [0.1, 0.15) is 40.5 Å². The Labute approximate surface area is 70.7 Å². The van der Waals surface area contributed by atoms with E-state index in [0.717, 1.165) is 12.1 Å². The van der Waals surface area contributed by atoms with Crippen LogP contribution in [0.25, 0.3) is 0 Å². The van der Waals surface area contributed by atoms with Gasteiger partial charge in [-0.2, -0.15) is 0 Å². The average molecular weight is 155 g/mol. The fourth-order valence-electron chi connectivity index (χ4n) is 1.10. The van der Waals surface area contributed by atoms with E-state index in [1.54, 1.807) is 0 Å². The van der Waals surface area contributed by atoms with Gasteiger partial charge in [0.25, 0.3) is 0 Å². The molecule has 0 aromatic carbocycles.